The van der Waals surface area contributed by atoms with E-state index in [1.165, 1.54) is 0 Å². The Labute approximate surface area is 45.4 Å². The summed E-state index contributed by atoms with van der Waals surface area (Å²) in [6, 6.07) is 0. The van der Waals surface area contributed by atoms with Gasteiger partial charge in [0.25, 0.3) is 0 Å². The molecule has 0 aliphatic carbocycles. The molecule has 8 heavy (non-hydrogen) atoms. The zero-order valence-electron chi connectivity index (χ0n) is 4.03. The first-order valence-corrected chi connectivity index (χ1v) is 1.87. The molecule has 0 aromatic rings. The Bertz CT molecular complexity index is 93.9. The molecule has 0 aromatic heterocycles. The second kappa shape index (κ2) is 2.08. The zero-order valence-corrected chi connectivity index (χ0v) is 4.03. The lowest BCUT2D eigenvalue weighted by Gasteiger charge is -2.10. The number of carboxylic acids is 1. The van der Waals surface area contributed by atoms with Gasteiger partial charge in [0, 0.05) is 0 Å². The third-order valence-corrected chi connectivity index (χ3v) is 0.411. The van der Waals surface area contributed by atoms with Crippen LogP contribution in [0.25, 0.3) is 0 Å². The van der Waals surface area contributed by atoms with Gasteiger partial charge >= 0.3 is 5.97 Å². The van der Waals surface area contributed by atoms with Crippen molar-refractivity contribution in [2.45, 2.75) is 12.3 Å². The lowest BCUT2D eigenvalue weighted by molar-refractivity contribution is -0.177. The van der Waals surface area contributed by atoms with Gasteiger partial charge in [-0.15, -0.1) is 0 Å². The molecular weight excluding hydrogens is 114 g/mol. The van der Waals surface area contributed by atoms with Crippen LogP contribution in [0.2, 0.25) is 0 Å². The summed E-state index contributed by atoms with van der Waals surface area (Å²) >= 11 is 0. The standard InChI is InChI=1S/C3H7NO4/c4-3(7,8)1-2(5)6/h7-8H,1,4H2,(H,5,6). The van der Waals surface area contributed by atoms with Gasteiger partial charge in [0.2, 0.25) is 5.91 Å². The van der Waals surface area contributed by atoms with E-state index in [4.69, 9.17) is 15.3 Å². The molecule has 0 amide bonds. The molecule has 5 heteroatoms. The number of nitrogens with two attached hydrogens (primary N) is 1. The first-order valence-electron chi connectivity index (χ1n) is 1.87. The van der Waals surface area contributed by atoms with Crippen LogP contribution in [0.15, 0.2) is 0 Å². The molecule has 0 spiro atoms. The molecule has 0 aromatic carbocycles. The maximum Gasteiger partial charge on any atom is 0.310 e. The fourth-order valence-electron chi connectivity index (χ4n) is 0.223. The van der Waals surface area contributed by atoms with Crippen molar-refractivity contribution < 1.29 is 20.1 Å². The molecule has 0 saturated carbocycles. The van der Waals surface area contributed by atoms with Crippen LogP contribution in [0.1, 0.15) is 6.42 Å². The fourth-order valence-corrected chi connectivity index (χ4v) is 0.223. The van der Waals surface area contributed by atoms with Crippen LogP contribution < -0.4 is 5.73 Å². The molecule has 0 heterocycles. The Morgan fingerprint density at radius 2 is 2.00 bits per heavy atom. The van der Waals surface area contributed by atoms with Gasteiger partial charge in [-0.05, 0) is 0 Å². The fraction of sp³-hybridized carbons (Fsp3) is 0.667. The topological polar surface area (TPSA) is 104 Å². The summed E-state index contributed by atoms with van der Waals surface area (Å²) in [5.41, 5.74) is 4.47. The molecule has 0 aliphatic heterocycles. The molecular formula is C3H7NO4. The number of carbonyl (C=O) groups is 1. The first kappa shape index (κ1) is 7.35. The van der Waals surface area contributed by atoms with Gasteiger partial charge in [-0.1, -0.05) is 0 Å². The van der Waals surface area contributed by atoms with Gasteiger partial charge in [0.15, 0.2) is 0 Å². The molecule has 5 N–H and O–H groups in total. The molecule has 5 nitrogen and oxygen atoms in total. The van der Waals surface area contributed by atoms with Crippen molar-refractivity contribution in [1.82, 2.24) is 0 Å². The predicted octanol–water partition coefficient (Wildman–Crippen LogP) is -1.94. The summed E-state index contributed by atoms with van der Waals surface area (Å²) in [6.45, 7) is 0. The number of hydrogen-bond donors (Lipinski definition) is 4. The second-order valence-corrected chi connectivity index (χ2v) is 1.45. The summed E-state index contributed by atoms with van der Waals surface area (Å²) in [6.07, 6.45) is -0.868. The van der Waals surface area contributed by atoms with Crippen LogP contribution in [-0.4, -0.2) is 27.2 Å². The maximum atomic E-state index is 9.61. The van der Waals surface area contributed by atoms with E-state index in [0.717, 1.165) is 0 Å². The lowest BCUT2D eigenvalue weighted by Crippen LogP contribution is -2.41. The van der Waals surface area contributed by atoms with Crippen molar-refractivity contribution in [3.63, 3.8) is 0 Å². The monoisotopic (exact) mass is 121 g/mol. The van der Waals surface area contributed by atoms with Crippen LogP contribution in [0.3, 0.4) is 0 Å². The molecule has 0 atom stereocenters. The lowest BCUT2D eigenvalue weighted by atomic mass is 10.3. The van der Waals surface area contributed by atoms with E-state index in [0.29, 0.717) is 0 Å². The highest BCUT2D eigenvalue weighted by atomic mass is 16.5. The Hall–Kier alpha value is -0.650. The van der Waals surface area contributed by atoms with E-state index in [1.54, 1.807) is 0 Å². The molecule has 0 rings (SSSR count). The predicted molar refractivity (Wildman–Crippen MR) is 23.6 cm³/mol. The number of aliphatic hydroxyl groups is 2. The van der Waals surface area contributed by atoms with Gasteiger partial charge in [-0.3, -0.25) is 10.5 Å². The van der Waals surface area contributed by atoms with Crippen molar-refractivity contribution >= 4 is 5.97 Å². The molecule has 0 unspecified atom stereocenters. The van der Waals surface area contributed by atoms with Gasteiger partial charge in [0.1, 0.15) is 6.42 Å². The van der Waals surface area contributed by atoms with Gasteiger partial charge < -0.3 is 15.3 Å². The highest BCUT2D eigenvalue weighted by molar-refractivity contribution is 5.67. The molecule has 0 aliphatic rings. The normalized spacial score (nSPS) is 11.4. The average Bonchev–Trinajstić information content (AvgIpc) is 1.21. The highest BCUT2D eigenvalue weighted by Gasteiger charge is 2.19. The van der Waals surface area contributed by atoms with Crippen molar-refractivity contribution in [3.05, 3.63) is 0 Å². The Balaban J connectivity index is 3.55. The van der Waals surface area contributed by atoms with E-state index >= 15 is 0 Å². The van der Waals surface area contributed by atoms with Gasteiger partial charge in [-0.2, -0.15) is 0 Å². The van der Waals surface area contributed by atoms with E-state index < -0.39 is 18.3 Å². The number of hydrogen-bond acceptors (Lipinski definition) is 4. The molecule has 0 saturated heterocycles. The maximum absolute atomic E-state index is 9.61. The van der Waals surface area contributed by atoms with Crippen molar-refractivity contribution in [1.29, 1.82) is 0 Å². The smallest absolute Gasteiger partial charge is 0.310 e. The minimum Gasteiger partial charge on any atom is -0.481 e. The van der Waals surface area contributed by atoms with Crippen LogP contribution >= 0.6 is 0 Å². The second-order valence-electron chi connectivity index (χ2n) is 1.45. The Morgan fingerprint density at radius 3 is 2.00 bits per heavy atom. The quantitative estimate of drug-likeness (QED) is 0.318. The summed E-state index contributed by atoms with van der Waals surface area (Å²) in [7, 11) is 0. The van der Waals surface area contributed by atoms with E-state index in [2.05, 4.69) is 5.73 Å². The highest BCUT2D eigenvalue weighted by Crippen LogP contribution is 1.93. The minimum atomic E-state index is -2.58. The van der Waals surface area contributed by atoms with Crippen LogP contribution in [0.4, 0.5) is 0 Å². The van der Waals surface area contributed by atoms with Gasteiger partial charge in [0.05, 0.1) is 0 Å². The van der Waals surface area contributed by atoms with Crippen molar-refractivity contribution in [2.75, 3.05) is 0 Å². The summed E-state index contributed by atoms with van der Waals surface area (Å²) in [5.74, 6) is -3.93. The summed E-state index contributed by atoms with van der Waals surface area (Å²) in [4.78, 5) is 9.61. The minimum absolute atomic E-state index is 0.868. The molecule has 48 valence electrons. The largest absolute Gasteiger partial charge is 0.481 e. The molecule has 0 fully saturated rings. The van der Waals surface area contributed by atoms with Crippen LogP contribution in [-0.2, 0) is 4.79 Å². The number of rotatable bonds is 2. The first-order chi connectivity index (χ1) is 3.42. The SMILES string of the molecule is NC(O)(O)CC(=O)O. The average molecular weight is 121 g/mol. The number of carboxylic acid groups (broad SMARTS) is 1. The summed E-state index contributed by atoms with van der Waals surface area (Å²) < 4.78 is 0. The van der Waals surface area contributed by atoms with E-state index in [1.807, 2.05) is 0 Å². The van der Waals surface area contributed by atoms with E-state index in [9.17, 15) is 4.79 Å². The zero-order chi connectivity index (χ0) is 6.78. The van der Waals surface area contributed by atoms with Gasteiger partial charge in [-0.25, -0.2) is 0 Å². The van der Waals surface area contributed by atoms with E-state index in [-0.39, 0.29) is 0 Å². The number of aliphatic carboxylic acids is 1. The summed E-state index contributed by atoms with van der Waals surface area (Å²) in [5, 5.41) is 24.1. The third-order valence-electron chi connectivity index (χ3n) is 0.411. The van der Waals surface area contributed by atoms with Crippen molar-refractivity contribution in [2.24, 2.45) is 5.73 Å². The third kappa shape index (κ3) is 5.35. The Morgan fingerprint density at radius 1 is 1.62 bits per heavy atom. The Kier molecular flexibility index (Phi) is 1.91. The molecule has 0 bridgehead atoms. The van der Waals surface area contributed by atoms with Crippen LogP contribution in [0, 0.1) is 0 Å². The van der Waals surface area contributed by atoms with Crippen LogP contribution in [0.5, 0.6) is 0 Å². The molecule has 0 radical (unpaired) electrons. The van der Waals surface area contributed by atoms with Crippen molar-refractivity contribution in [3.8, 4) is 0 Å².